The summed E-state index contributed by atoms with van der Waals surface area (Å²) in [5.41, 5.74) is 2.37. The van der Waals surface area contributed by atoms with Crippen molar-refractivity contribution in [1.29, 1.82) is 0 Å². The molecule has 1 aliphatic heterocycles. The van der Waals surface area contributed by atoms with E-state index in [9.17, 15) is 13.6 Å². The summed E-state index contributed by atoms with van der Waals surface area (Å²) in [6.45, 7) is 1.98. The lowest BCUT2D eigenvalue weighted by Gasteiger charge is -2.34. The van der Waals surface area contributed by atoms with E-state index in [1.807, 2.05) is 6.92 Å². The minimum Gasteiger partial charge on any atom is -0.306 e. The van der Waals surface area contributed by atoms with E-state index < -0.39 is 0 Å². The van der Waals surface area contributed by atoms with Gasteiger partial charge >= 0.3 is 0 Å². The lowest BCUT2D eigenvalue weighted by atomic mass is 9.96. The van der Waals surface area contributed by atoms with Gasteiger partial charge in [0.15, 0.2) is 0 Å². The number of aryl methyl sites for hydroxylation is 1. The van der Waals surface area contributed by atoms with Gasteiger partial charge in [-0.05, 0) is 67.3 Å². The van der Waals surface area contributed by atoms with E-state index in [1.54, 1.807) is 29.2 Å². The highest BCUT2D eigenvalue weighted by Gasteiger charge is 2.27. The summed E-state index contributed by atoms with van der Waals surface area (Å²) < 4.78 is 26.3. The Bertz CT molecular complexity index is 752. The number of carbonyl (C=O) groups is 1. The van der Waals surface area contributed by atoms with Crippen molar-refractivity contribution < 1.29 is 13.6 Å². The predicted molar refractivity (Wildman–Crippen MR) is 87.1 cm³/mol. The maximum Gasteiger partial charge on any atom is 0.251 e. The number of carbonyl (C=O) groups excluding carboxylic acids is 1. The van der Waals surface area contributed by atoms with Gasteiger partial charge in [-0.3, -0.25) is 4.79 Å². The Morgan fingerprint density at radius 2 is 1.83 bits per heavy atom. The summed E-state index contributed by atoms with van der Waals surface area (Å²) in [5.74, 6) is -0.754. The van der Waals surface area contributed by atoms with E-state index >= 15 is 0 Å². The van der Waals surface area contributed by atoms with Gasteiger partial charge in [-0.15, -0.1) is 0 Å². The molecule has 1 heterocycles. The van der Waals surface area contributed by atoms with Crippen molar-refractivity contribution in [3.05, 3.63) is 71.3 Å². The van der Waals surface area contributed by atoms with Crippen LogP contribution in [0.3, 0.4) is 0 Å². The van der Waals surface area contributed by atoms with E-state index in [0.29, 0.717) is 0 Å². The lowest BCUT2D eigenvalue weighted by Crippen LogP contribution is -2.41. The molecule has 1 aliphatic rings. The van der Waals surface area contributed by atoms with Gasteiger partial charge in [0.05, 0.1) is 0 Å². The average Bonchev–Trinajstić information content (AvgIpc) is 2.54. The molecule has 2 aromatic carbocycles. The Morgan fingerprint density at radius 3 is 2.57 bits per heavy atom. The normalized spacial score (nSPS) is 17.3. The van der Waals surface area contributed by atoms with Crippen LogP contribution in [0.5, 0.6) is 0 Å². The number of hydrogen-bond acceptors (Lipinski definition) is 1. The number of halogens is 2. The maximum atomic E-state index is 13.4. The molecule has 1 atom stereocenters. The summed E-state index contributed by atoms with van der Waals surface area (Å²) >= 11 is 0. The number of anilines is 1. The number of hydrogen-bond donors (Lipinski definition) is 0. The third-order valence-corrected chi connectivity index (χ3v) is 4.10. The molecular weight excluding hydrogens is 296 g/mol. The molecule has 23 heavy (non-hydrogen) atoms. The molecule has 1 unspecified atom stereocenters. The zero-order valence-electron chi connectivity index (χ0n) is 12.8. The first-order valence-electron chi connectivity index (χ1n) is 7.60. The average molecular weight is 313 g/mol. The summed E-state index contributed by atoms with van der Waals surface area (Å²) in [4.78, 5) is 14.3. The first-order chi connectivity index (χ1) is 11.0. The molecule has 0 aromatic heterocycles. The highest BCUT2D eigenvalue weighted by molar-refractivity contribution is 6.05. The van der Waals surface area contributed by atoms with Gasteiger partial charge < -0.3 is 4.90 Å². The molecule has 2 aromatic rings. The minimum absolute atomic E-state index is 0.0540. The van der Waals surface area contributed by atoms with Crippen LogP contribution < -0.4 is 4.90 Å². The Hall–Kier alpha value is -2.49. The van der Waals surface area contributed by atoms with Crippen molar-refractivity contribution in [1.82, 2.24) is 0 Å². The summed E-state index contributed by atoms with van der Waals surface area (Å²) in [6.07, 6.45) is 4.70. The topological polar surface area (TPSA) is 20.3 Å². The van der Waals surface area contributed by atoms with Crippen molar-refractivity contribution in [3.8, 4) is 0 Å². The van der Waals surface area contributed by atoms with Gasteiger partial charge in [0.25, 0.3) is 5.91 Å². The summed E-state index contributed by atoms with van der Waals surface area (Å²) in [6, 6.07) is 10.5. The Morgan fingerprint density at radius 1 is 1.13 bits per heavy atom. The second kappa shape index (κ2) is 6.32. The number of rotatable bonds is 2. The molecule has 0 saturated carbocycles. The van der Waals surface area contributed by atoms with Crippen LogP contribution in [0.1, 0.15) is 24.5 Å². The van der Waals surface area contributed by atoms with Crippen LogP contribution in [-0.2, 0) is 11.2 Å². The molecule has 1 amide bonds. The van der Waals surface area contributed by atoms with Crippen LogP contribution in [0.4, 0.5) is 14.5 Å². The number of fused-ring (bicyclic) bond motifs is 1. The van der Waals surface area contributed by atoms with Gasteiger partial charge in [0, 0.05) is 17.8 Å². The molecular formula is C19H17F2NO. The Balaban J connectivity index is 1.85. The van der Waals surface area contributed by atoms with Crippen molar-refractivity contribution in [2.24, 2.45) is 0 Å². The fourth-order valence-corrected chi connectivity index (χ4v) is 2.88. The molecule has 0 spiro atoms. The summed E-state index contributed by atoms with van der Waals surface area (Å²) in [5, 5.41) is 0. The van der Waals surface area contributed by atoms with E-state index in [4.69, 9.17) is 0 Å². The monoisotopic (exact) mass is 313 g/mol. The fraction of sp³-hybridized carbons (Fsp3) is 0.211. The van der Waals surface area contributed by atoms with Gasteiger partial charge in [0.1, 0.15) is 11.6 Å². The zero-order chi connectivity index (χ0) is 16.4. The Labute approximate surface area is 134 Å². The van der Waals surface area contributed by atoms with Crippen LogP contribution in [0.25, 0.3) is 6.08 Å². The van der Waals surface area contributed by atoms with Gasteiger partial charge in [-0.25, -0.2) is 8.78 Å². The summed E-state index contributed by atoms with van der Waals surface area (Å²) in [7, 11) is 0. The van der Waals surface area contributed by atoms with E-state index in [2.05, 4.69) is 0 Å². The molecule has 0 N–H and O–H groups in total. The van der Waals surface area contributed by atoms with Crippen molar-refractivity contribution in [2.45, 2.75) is 25.8 Å². The van der Waals surface area contributed by atoms with Crippen molar-refractivity contribution >= 4 is 17.7 Å². The predicted octanol–water partition coefficient (Wildman–Crippen LogP) is 4.35. The first-order valence-corrected chi connectivity index (χ1v) is 7.60. The second-order valence-corrected chi connectivity index (χ2v) is 5.75. The van der Waals surface area contributed by atoms with Crippen LogP contribution >= 0.6 is 0 Å². The largest absolute Gasteiger partial charge is 0.306 e. The van der Waals surface area contributed by atoms with E-state index in [1.165, 1.54) is 30.3 Å². The number of benzene rings is 2. The highest BCUT2D eigenvalue weighted by atomic mass is 19.1. The molecule has 4 heteroatoms. The number of amides is 1. The van der Waals surface area contributed by atoms with Crippen molar-refractivity contribution in [2.75, 3.05) is 4.90 Å². The molecule has 3 rings (SSSR count). The highest BCUT2D eigenvalue weighted by Crippen LogP contribution is 2.31. The van der Waals surface area contributed by atoms with Crippen LogP contribution in [0.2, 0.25) is 0 Å². The second-order valence-electron chi connectivity index (χ2n) is 5.75. The Kier molecular flexibility index (Phi) is 4.24. The standard InChI is InChI=1S/C19H17F2NO/c1-13-2-6-15-12-17(21)9-10-18(15)22(13)19(23)11-5-14-3-7-16(20)8-4-14/h3-5,7-13H,2,6H2,1H3/b11-5+. The van der Waals surface area contributed by atoms with Crippen LogP contribution in [-0.4, -0.2) is 11.9 Å². The zero-order valence-corrected chi connectivity index (χ0v) is 12.8. The van der Waals surface area contributed by atoms with Crippen LogP contribution in [0, 0.1) is 11.6 Å². The first kappa shape index (κ1) is 15.4. The molecule has 0 aliphatic carbocycles. The van der Waals surface area contributed by atoms with Gasteiger partial charge in [-0.1, -0.05) is 12.1 Å². The molecule has 118 valence electrons. The molecule has 0 bridgehead atoms. The van der Waals surface area contributed by atoms with Crippen molar-refractivity contribution in [3.63, 3.8) is 0 Å². The maximum absolute atomic E-state index is 13.4. The fourth-order valence-electron chi connectivity index (χ4n) is 2.88. The molecule has 0 fully saturated rings. The quantitative estimate of drug-likeness (QED) is 0.755. The molecule has 0 radical (unpaired) electrons. The third-order valence-electron chi connectivity index (χ3n) is 4.10. The minimum atomic E-state index is -0.311. The smallest absolute Gasteiger partial charge is 0.251 e. The molecule has 2 nitrogen and oxygen atoms in total. The van der Waals surface area contributed by atoms with E-state index in [-0.39, 0.29) is 23.6 Å². The van der Waals surface area contributed by atoms with Gasteiger partial charge in [-0.2, -0.15) is 0 Å². The van der Waals surface area contributed by atoms with Gasteiger partial charge in [0.2, 0.25) is 0 Å². The third kappa shape index (κ3) is 3.31. The SMILES string of the molecule is CC1CCc2cc(F)ccc2N1C(=O)/C=C/c1ccc(F)cc1. The molecule has 0 saturated heterocycles. The van der Waals surface area contributed by atoms with Crippen LogP contribution in [0.15, 0.2) is 48.5 Å². The lowest BCUT2D eigenvalue weighted by molar-refractivity contribution is -0.114. The van der Waals surface area contributed by atoms with E-state index in [0.717, 1.165) is 29.7 Å². The number of nitrogens with zero attached hydrogens (tertiary/aromatic N) is 1.